The number of carbonyl (C=O) groups is 2. The van der Waals surface area contributed by atoms with Crippen molar-refractivity contribution in [1.82, 2.24) is 0 Å². The predicted octanol–water partition coefficient (Wildman–Crippen LogP) is 3.94. The molecule has 3 heterocycles. The average Bonchev–Trinajstić information content (AvgIpc) is 2.70. The lowest BCUT2D eigenvalue weighted by molar-refractivity contribution is -1.07. The molecule has 0 N–H and O–H groups in total. The summed E-state index contributed by atoms with van der Waals surface area (Å²) in [7, 11) is 0. The van der Waals surface area contributed by atoms with Crippen LogP contribution in [0.3, 0.4) is 0 Å². The maximum Gasteiger partial charge on any atom is 0.216 e. The predicted molar refractivity (Wildman–Crippen MR) is 116 cm³/mol. The molecule has 0 radical (unpaired) electrons. The van der Waals surface area contributed by atoms with Crippen LogP contribution >= 0.6 is 31.9 Å². The number of Topliss-reactive ketones (excluding diaryl/α,β-unsaturated/α-hetero) is 2. The number of carbonyl (C=O) groups excluding carboxylic acids is 2. The van der Waals surface area contributed by atoms with Crippen LogP contribution in [0.1, 0.15) is 20.7 Å². The summed E-state index contributed by atoms with van der Waals surface area (Å²) in [6, 6.07) is 15.3. The Hall–Kier alpha value is -1.34. The first-order chi connectivity index (χ1) is 13.4. The molecule has 3 fully saturated rings. The fourth-order valence-corrected chi connectivity index (χ4v) is 5.01. The van der Waals surface area contributed by atoms with Crippen molar-refractivity contribution in [3.63, 3.8) is 0 Å². The Morgan fingerprint density at radius 1 is 0.607 bits per heavy atom. The van der Waals surface area contributed by atoms with Crippen LogP contribution in [0.15, 0.2) is 57.5 Å². The van der Waals surface area contributed by atoms with Gasteiger partial charge in [0.15, 0.2) is 0 Å². The molecular formula is C22H24Br2N2O2+2. The van der Waals surface area contributed by atoms with Crippen molar-refractivity contribution >= 4 is 43.4 Å². The molecule has 0 spiro atoms. The van der Waals surface area contributed by atoms with Crippen LogP contribution in [0.25, 0.3) is 0 Å². The molecule has 3 saturated heterocycles. The molecule has 3 aliphatic heterocycles. The number of ketones is 2. The highest BCUT2D eigenvalue weighted by atomic mass is 79.9. The van der Waals surface area contributed by atoms with Gasteiger partial charge in [-0.25, -0.2) is 0 Å². The first-order valence-corrected chi connectivity index (χ1v) is 11.3. The van der Waals surface area contributed by atoms with Crippen LogP contribution in [0.5, 0.6) is 0 Å². The van der Waals surface area contributed by atoms with Crippen molar-refractivity contribution in [3.8, 4) is 0 Å². The van der Waals surface area contributed by atoms with Crippen molar-refractivity contribution in [1.29, 1.82) is 0 Å². The highest BCUT2D eigenvalue weighted by Crippen LogP contribution is 2.28. The summed E-state index contributed by atoms with van der Waals surface area (Å²) in [6.45, 7) is 7.04. The van der Waals surface area contributed by atoms with Crippen LogP contribution < -0.4 is 0 Å². The van der Waals surface area contributed by atoms with E-state index in [2.05, 4.69) is 31.9 Å². The fourth-order valence-electron chi connectivity index (χ4n) is 4.48. The molecule has 0 saturated carbocycles. The molecule has 0 aromatic heterocycles. The Bertz CT molecular complexity index is 794. The van der Waals surface area contributed by atoms with E-state index in [0.29, 0.717) is 13.1 Å². The summed E-state index contributed by atoms with van der Waals surface area (Å²) < 4.78 is 3.73. The number of nitrogens with zero attached hydrogens (tertiary/aromatic N) is 2. The lowest BCUT2D eigenvalue weighted by Gasteiger charge is -2.55. The van der Waals surface area contributed by atoms with Crippen molar-refractivity contribution in [3.05, 3.63) is 68.6 Å². The molecule has 0 amide bonds. The van der Waals surface area contributed by atoms with Crippen molar-refractivity contribution < 1.29 is 18.6 Å². The zero-order valence-electron chi connectivity index (χ0n) is 15.7. The van der Waals surface area contributed by atoms with Gasteiger partial charge < -0.3 is 8.97 Å². The van der Waals surface area contributed by atoms with Gasteiger partial charge in [0.1, 0.15) is 52.4 Å². The Balaban J connectivity index is 1.39. The van der Waals surface area contributed by atoms with E-state index in [1.807, 2.05) is 48.5 Å². The normalized spacial score (nSPS) is 26.2. The summed E-state index contributed by atoms with van der Waals surface area (Å²) in [5.41, 5.74) is 1.58. The SMILES string of the molecule is O=C(C[N+]12CC[N+](CC(=O)c3ccc(Br)cc3)(CC1)CC2)c1ccc(Br)cc1. The third-order valence-electron chi connectivity index (χ3n) is 6.44. The quantitative estimate of drug-likeness (QED) is 0.438. The molecule has 0 aliphatic carbocycles. The summed E-state index contributed by atoms with van der Waals surface area (Å²) in [5.74, 6) is 0.445. The molecule has 2 aromatic rings. The van der Waals surface area contributed by atoms with Crippen LogP contribution in [-0.4, -0.2) is 72.9 Å². The third kappa shape index (κ3) is 4.15. The van der Waals surface area contributed by atoms with Gasteiger partial charge in [-0.05, 0) is 24.3 Å². The summed E-state index contributed by atoms with van der Waals surface area (Å²) in [4.78, 5) is 25.6. The minimum absolute atomic E-state index is 0.223. The number of hydrogen-bond acceptors (Lipinski definition) is 2. The van der Waals surface area contributed by atoms with Crippen molar-refractivity contribution in [2.24, 2.45) is 0 Å². The van der Waals surface area contributed by atoms with Gasteiger partial charge >= 0.3 is 0 Å². The van der Waals surface area contributed by atoms with E-state index in [4.69, 9.17) is 0 Å². The van der Waals surface area contributed by atoms with Crippen molar-refractivity contribution in [2.75, 3.05) is 52.4 Å². The van der Waals surface area contributed by atoms with E-state index in [1.54, 1.807) is 0 Å². The minimum atomic E-state index is 0.223. The monoisotopic (exact) mass is 506 g/mol. The maximum absolute atomic E-state index is 12.8. The highest BCUT2D eigenvalue weighted by Gasteiger charge is 2.50. The summed E-state index contributed by atoms with van der Waals surface area (Å²) in [5, 5.41) is 0. The number of halogens is 2. The van der Waals surface area contributed by atoms with Crippen LogP contribution in [0.4, 0.5) is 0 Å². The first-order valence-electron chi connectivity index (χ1n) is 9.67. The van der Waals surface area contributed by atoms with Gasteiger partial charge in [0.25, 0.3) is 0 Å². The topological polar surface area (TPSA) is 34.1 Å². The molecule has 28 heavy (non-hydrogen) atoms. The van der Waals surface area contributed by atoms with E-state index >= 15 is 0 Å². The largest absolute Gasteiger partial charge is 0.303 e. The van der Waals surface area contributed by atoms with E-state index in [-0.39, 0.29) is 11.6 Å². The smallest absolute Gasteiger partial charge is 0.216 e. The standard InChI is InChI=1S/C22H24Br2N2O2/c23-19-5-1-17(2-6-19)21(27)15-25-9-12-26(13-10-25,14-11-25)16-22(28)18-3-7-20(24)8-4-18/h1-8H,9-16H2/q+2. The Kier molecular flexibility index (Phi) is 5.58. The van der Waals surface area contributed by atoms with Crippen molar-refractivity contribution in [2.45, 2.75) is 0 Å². The second-order valence-corrected chi connectivity index (χ2v) is 10.0. The van der Waals surface area contributed by atoms with E-state index < -0.39 is 0 Å². The van der Waals surface area contributed by atoms with E-state index in [0.717, 1.165) is 68.3 Å². The van der Waals surface area contributed by atoms with Gasteiger partial charge in [-0.15, -0.1) is 0 Å². The van der Waals surface area contributed by atoms with Crippen LogP contribution in [0.2, 0.25) is 0 Å². The van der Waals surface area contributed by atoms with Gasteiger partial charge in [-0.2, -0.15) is 0 Å². The molecule has 4 nitrogen and oxygen atoms in total. The molecule has 2 aromatic carbocycles. The maximum atomic E-state index is 12.8. The van der Waals surface area contributed by atoms with E-state index in [1.165, 1.54) is 0 Å². The number of quaternary nitrogens is 2. The fraction of sp³-hybridized carbons (Fsp3) is 0.364. The number of hydrogen-bond donors (Lipinski definition) is 0. The van der Waals surface area contributed by atoms with Gasteiger partial charge in [0.05, 0.1) is 0 Å². The second-order valence-electron chi connectivity index (χ2n) is 8.20. The minimum Gasteiger partial charge on any atom is -0.303 e. The second kappa shape index (κ2) is 7.82. The van der Waals surface area contributed by atoms with Gasteiger partial charge in [0, 0.05) is 20.1 Å². The summed E-state index contributed by atoms with van der Waals surface area (Å²) >= 11 is 6.84. The highest BCUT2D eigenvalue weighted by molar-refractivity contribution is 9.10. The average molecular weight is 508 g/mol. The number of benzene rings is 2. The Morgan fingerprint density at radius 3 is 1.18 bits per heavy atom. The molecule has 0 unspecified atom stereocenters. The number of rotatable bonds is 6. The van der Waals surface area contributed by atoms with Gasteiger partial charge in [-0.3, -0.25) is 9.59 Å². The number of piperazine rings is 3. The summed E-state index contributed by atoms with van der Waals surface area (Å²) in [6.07, 6.45) is 0. The van der Waals surface area contributed by atoms with Gasteiger partial charge in [-0.1, -0.05) is 56.1 Å². The van der Waals surface area contributed by atoms with Crippen LogP contribution in [-0.2, 0) is 0 Å². The Morgan fingerprint density at radius 2 is 0.893 bits per heavy atom. The molecule has 0 atom stereocenters. The van der Waals surface area contributed by atoms with E-state index in [9.17, 15) is 9.59 Å². The molecular weight excluding hydrogens is 484 g/mol. The molecule has 146 valence electrons. The lowest BCUT2D eigenvalue weighted by Crippen LogP contribution is -2.76. The molecule has 6 heteroatoms. The Labute approximate surface area is 182 Å². The number of fused-ring (bicyclic) bond motifs is 3. The molecule has 5 rings (SSSR count). The molecule has 3 aliphatic rings. The third-order valence-corrected chi connectivity index (χ3v) is 7.49. The van der Waals surface area contributed by atoms with Crippen LogP contribution in [0, 0.1) is 0 Å². The molecule has 2 bridgehead atoms. The van der Waals surface area contributed by atoms with Gasteiger partial charge in [0.2, 0.25) is 11.6 Å². The first kappa shape index (κ1) is 20.0. The zero-order chi connectivity index (χ0) is 19.8. The zero-order valence-corrected chi connectivity index (χ0v) is 18.9. The lowest BCUT2D eigenvalue weighted by atomic mass is 10.0.